The molecule has 0 aromatic carbocycles. The summed E-state index contributed by atoms with van der Waals surface area (Å²) in [6, 6.07) is 0. The zero-order valence-electron chi connectivity index (χ0n) is 7.90. The molecule has 70 valence electrons. The minimum atomic E-state index is -4.64. The largest absolute Gasteiger partial charge is 1.00 e. The number of phosphoric acid groups is 1. The van der Waals surface area contributed by atoms with E-state index in [4.69, 9.17) is 19.2 Å². The summed E-state index contributed by atoms with van der Waals surface area (Å²) in [4.78, 5) is 21.6. The first kappa shape index (κ1) is 18.8. The third-order valence-electron chi connectivity index (χ3n) is 0.781. The van der Waals surface area contributed by atoms with Gasteiger partial charge in [0.05, 0.1) is 0 Å². The normalized spacial score (nSPS) is 9.42. The van der Waals surface area contributed by atoms with Gasteiger partial charge in [-0.2, -0.15) is 12.8 Å². The van der Waals surface area contributed by atoms with E-state index in [0.29, 0.717) is 0 Å². The van der Waals surface area contributed by atoms with Crippen LogP contribution in [0.2, 0.25) is 0 Å². The van der Waals surface area contributed by atoms with Crippen molar-refractivity contribution in [1.82, 2.24) is 0 Å². The topological polar surface area (TPSA) is 77.8 Å². The average Bonchev–Trinajstić information content (AvgIpc) is 1.79. The van der Waals surface area contributed by atoms with Crippen molar-refractivity contribution < 1.29 is 48.8 Å². The van der Waals surface area contributed by atoms with Crippen molar-refractivity contribution in [3.63, 3.8) is 0 Å². The Morgan fingerprint density at radius 1 is 1.25 bits per heavy atom. The second kappa shape index (κ2) is 12.1. The predicted octanol–water partition coefficient (Wildman–Crippen LogP) is -1.52. The zero-order valence-corrected chi connectivity index (χ0v) is 10.8. The standard InChI is InChI=1S/C6H13.Na.H3O4P/c1-3-5-6-4-2;;1-5(2,3)4/h5H,3-4,6H2,1-2H3;;(H3,1,2,3,4)/q-1;+1;. The molecule has 6 heteroatoms. The molecule has 0 aliphatic rings. The monoisotopic (exact) mass is 206 g/mol. The van der Waals surface area contributed by atoms with Crippen LogP contribution in [0.4, 0.5) is 0 Å². The van der Waals surface area contributed by atoms with Crippen LogP contribution in [-0.2, 0) is 4.57 Å². The van der Waals surface area contributed by atoms with Gasteiger partial charge >= 0.3 is 37.4 Å². The summed E-state index contributed by atoms with van der Waals surface area (Å²) in [6.45, 7) is 4.38. The quantitative estimate of drug-likeness (QED) is 0.227. The van der Waals surface area contributed by atoms with Crippen LogP contribution in [0.15, 0.2) is 0 Å². The summed E-state index contributed by atoms with van der Waals surface area (Å²) in [5.41, 5.74) is 0. The van der Waals surface area contributed by atoms with Gasteiger partial charge in [0, 0.05) is 0 Å². The van der Waals surface area contributed by atoms with Gasteiger partial charge in [0.15, 0.2) is 0 Å². The molecular weight excluding hydrogens is 190 g/mol. The summed E-state index contributed by atoms with van der Waals surface area (Å²) in [6.07, 6.45) is 6.12. The molecule has 0 aromatic heterocycles. The van der Waals surface area contributed by atoms with Crippen molar-refractivity contribution in [3.05, 3.63) is 6.42 Å². The second-order valence-electron chi connectivity index (χ2n) is 2.00. The van der Waals surface area contributed by atoms with E-state index in [2.05, 4.69) is 20.3 Å². The number of unbranched alkanes of at least 4 members (excludes halogenated alkanes) is 3. The fraction of sp³-hybridized carbons (Fsp3) is 0.833. The Morgan fingerprint density at radius 3 is 1.67 bits per heavy atom. The van der Waals surface area contributed by atoms with Gasteiger partial charge in [0.25, 0.3) is 0 Å². The third-order valence-corrected chi connectivity index (χ3v) is 0.781. The molecule has 4 nitrogen and oxygen atoms in total. The zero-order chi connectivity index (χ0) is 9.33. The van der Waals surface area contributed by atoms with E-state index in [1.54, 1.807) is 0 Å². The van der Waals surface area contributed by atoms with E-state index in [1.807, 2.05) is 0 Å². The molecule has 0 saturated heterocycles. The van der Waals surface area contributed by atoms with Gasteiger partial charge in [-0.05, 0) is 0 Å². The van der Waals surface area contributed by atoms with E-state index in [9.17, 15) is 0 Å². The molecule has 3 N–H and O–H groups in total. The Bertz CT molecular complexity index is 102. The molecule has 0 aliphatic carbocycles. The molecule has 12 heavy (non-hydrogen) atoms. The Hall–Kier alpha value is 1.11. The van der Waals surface area contributed by atoms with Crippen LogP contribution in [-0.4, -0.2) is 14.7 Å². The molecule has 0 rings (SSSR count). The molecule has 0 bridgehead atoms. The van der Waals surface area contributed by atoms with Crippen LogP contribution in [0.25, 0.3) is 0 Å². The summed E-state index contributed by atoms with van der Waals surface area (Å²) >= 11 is 0. The van der Waals surface area contributed by atoms with E-state index >= 15 is 0 Å². The van der Waals surface area contributed by atoms with Crippen LogP contribution in [0.5, 0.6) is 0 Å². The fourth-order valence-electron chi connectivity index (χ4n) is 0.408. The van der Waals surface area contributed by atoms with Gasteiger partial charge in [-0.25, -0.2) is 4.57 Å². The Labute approximate surface area is 95.9 Å². The van der Waals surface area contributed by atoms with Gasteiger partial charge in [-0.3, -0.25) is 0 Å². The van der Waals surface area contributed by atoms with Crippen molar-refractivity contribution >= 4 is 7.82 Å². The maximum Gasteiger partial charge on any atom is 1.00 e. The first-order valence-electron chi connectivity index (χ1n) is 3.51. The summed E-state index contributed by atoms with van der Waals surface area (Å²) in [7, 11) is -4.64. The first-order chi connectivity index (χ1) is 4.91. The van der Waals surface area contributed by atoms with Crippen LogP contribution >= 0.6 is 7.82 Å². The molecular formula is C6H16NaO4P. The van der Waals surface area contributed by atoms with E-state index in [1.165, 1.54) is 19.3 Å². The maximum atomic E-state index is 8.88. The van der Waals surface area contributed by atoms with Gasteiger partial charge in [0.2, 0.25) is 0 Å². The molecule has 0 aliphatic heterocycles. The van der Waals surface area contributed by atoms with Crippen molar-refractivity contribution in [2.75, 3.05) is 0 Å². The van der Waals surface area contributed by atoms with Gasteiger partial charge in [-0.15, -0.1) is 0 Å². The molecule has 0 unspecified atom stereocenters. The fourth-order valence-corrected chi connectivity index (χ4v) is 0.408. The van der Waals surface area contributed by atoms with Crippen molar-refractivity contribution in [2.24, 2.45) is 0 Å². The summed E-state index contributed by atoms with van der Waals surface area (Å²) < 4.78 is 8.88. The molecule has 0 aromatic rings. The molecule has 0 heterocycles. The predicted molar refractivity (Wildman–Crippen MR) is 43.8 cm³/mol. The van der Waals surface area contributed by atoms with Crippen LogP contribution in [0, 0.1) is 6.42 Å². The van der Waals surface area contributed by atoms with Crippen LogP contribution in [0.3, 0.4) is 0 Å². The molecule has 0 amide bonds. The molecule has 0 radical (unpaired) electrons. The minimum absolute atomic E-state index is 0. The van der Waals surface area contributed by atoms with Crippen LogP contribution in [0.1, 0.15) is 33.1 Å². The van der Waals surface area contributed by atoms with Gasteiger partial charge in [0.1, 0.15) is 0 Å². The maximum absolute atomic E-state index is 8.88. The third kappa shape index (κ3) is 67.2. The summed E-state index contributed by atoms with van der Waals surface area (Å²) in [5, 5.41) is 0. The Morgan fingerprint density at radius 2 is 1.58 bits per heavy atom. The molecule has 0 saturated carbocycles. The molecule has 0 spiro atoms. The van der Waals surface area contributed by atoms with Gasteiger partial charge < -0.3 is 21.1 Å². The minimum Gasteiger partial charge on any atom is -0.329 e. The smallest absolute Gasteiger partial charge is 0.329 e. The van der Waals surface area contributed by atoms with Crippen molar-refractivity contribution in [2.45, 2.75) is 33.1 Å². The van der Waals surface area contributed by atoms with E-state index in [0.717, 1.165) is 0 Å². The Kier molecular flexibility index (Phi) is 19.0. The SMILES string of the molecule is CC[CH-]CCC.O=P(O)(O)O.[Na+]. The average molecular weight is 206 g/mol. The number of rotatable bonds is 3. The van der Waals surface area contributed by atoms with Crippen molar-refractivity contribution in [1.29, 1.82) is 0 Å². The molecule has 0 fully saturated rings. The number of hydrogen-bond acceptors (Lipinski definition) is 1. The second-order valence-corrected chi connectivity index (χ2v) is 3.03. The summed E-state index contributed by atoms with van der Waals surface area (Å²) in [5.74, 6) is 0. The molecule has 0 atom stereocenters. The Balaban J connectivity index is -0.000000126. The van der Waals surface area contributed by atoms with E-state index < -0.39 is 7.82 Å². The van der Waals surface area contributed by atoms with Crippen molar-refractivity contribution in [3.8, 4) is 0 Å². The first-order valence-corrected chi connectivity index (χ1v) is 5.08. The van der Waals surface area contributed by atoms with Crippen LogP contribution < -0.4 is 29.6 Å². The van der Waals surface area contributed by atoms with E-state index in [-0.39, 0.29) is 29.6 Å². The van der Waals surface area contributed by atoms with Gasteiger partial charge in [-0.1, -0.05) is 20.3 Å². The number of hydrogen-bond donors (Lipinski definition) is 3.